The van der Waals surface area contributed by atoms with Gasteiger partial charge in [-0.3, -0.25) is 0 Å². The third-order valence-electron chi connectivity index (χ3n) is 2.11. The smallest absolute Gasteiger partial charge is 0.390 e. The van der Waals surface area contributed by atoms with Crippen molar-refractivity contribution in [3.8, 4) is 5.88 Å². The largest absolute Gasteiger partial charge is 0.431 e. The molecule has 0 aromatic carbocycles. The van der Waals surface area contributed by atoms with E-state index in [0.29, 0.717) is 10.0 Å². The Bertz CT molecular complexity index is 540. The van der Waals surface area contributed by atoms with Crippen LogP contribution in [0.25, 0.3) is 0 Å². The third kappa shape index (κ3) is 2.77. The number of halogens is 1. The Morgan fingerprint density at radius 2 is 2.33 bits per heavy atom. The van der Waals surface area contributed by atoms with Crippen molar-refractivity contribution in [1.29, 1.82) is 0 Å². The average Bonchev–Trinajstić information content (AvgIpc) is 2.69. The Hall–Kier alpha value is -1.24. The molecule has 1 amide bonds. The summed E-state index contributed by atoms with van der Waals surface area (Å²) in [4.78, 5) is 15.7. The maximum Gasteiger partial charge on any atom is 0.431 e. The predicted octanol–water partition coefficient (Wildman–Crippen LogP) is 3.96. The highest BCUT2D eigenvalue weighted by Gasteiger charge is 2.21. The molecular formula is C11H9ClN2O2S2. The summed E-state index contributed by atoms with van der Waals surface area (Å²) in [5.74, 6) is 0.213. The molecule has 0 aliphatic carbocycles. The second kappa shape index (κ2) is 5.60. The van der Waals surface area contributed by atoms with Gasteiger partial charge in [-0.05, 0) is 23.9 Å². The first-order chi connectivity index (χ1) is 8.59. The molecule has 4 nitrogen and oxygen atoms in total. The van der Waals surface area contributed by atoms with E-state index in [-0.39, 0.29) is 5.88 Å². The number of amides is 1. The monoisotopic (exact) mass is 300 g/mol. The number of carbonyl (C=O) groups is 1. The van der Waals surface area contributed by atoms with Crippen LogP contribution in [-0.2, 0) is 0 Å². The molecule has 0 N–H and O–H groups in total. The molecule has 2 rings (SSSR count). The van der Waals surface area contributed by atoms with Crippen LogP contribution in [0.15, 0.2) is 29.8 Å². The summed E-state index contributed by atoms with van der Waals surface area (Å²) >= 11 is 11.4. The molecule has 0 unspecified atom stereocenters. The van der Waals surface area contributed by atoms with Crippen LogP contribution in [-0.4, -0.2) is 11.1 Å². The van der Waals surface area contributed by atoms with Crippen LogP contribution >= 0.6 is 35.8 Å². The lowest BCUT2D eigenvalue weighted by Crippen LogP contribution is -2.25. The highest BCUT2D eigenvalue weighted by molar-refractivity contribution is 7.82. The van der Waals surface area contributed by atoms with E-state index in [9.17, 15) is 4.79 Å². The molecule has 0 spiro atoms. The molecule has 2 aromatic rings. The van der Waals surface area contributed by atoms with Crippen LogP contribution in [0.5, 0.6) is 5.88 Å². The summed E-state index contributed by atoms with van der Waals surface area (Å²) in [5.41, 5.74) is 1.39. The highest BCUT2D eigenvalue weighted by Crippen LogP contribution is 2.36. The van der Waals surface area contributed by atoms with Gasteiger partial charge < -0.3 is 4.74 Å². The molecule has 2 heterocycles. The second-order valence-corrected chi connectivity index (χ2v) is 5.27. The molecule has 7 heteroatoms. The van der Waals surface area contributed by atoms with Gasteiger partial charge in [-0.25, -0.2) is 14.1 Å². The van der Waals surface area contributed by atoms with E-state index in [2.05, 4.69) is 17.8 Å². The Balaban J connectivity index is 2.15. The van der Waals surface area contributed by atoms with Gasteiger partial charge in [0.25, 0.3) is 0 Å². The van der Waals surface area contributed by atoms with E-state index in [0.717, 1.165) is 9.87 Å². The predicted molar refractivity (Wildman–Crippen MR) is 75.8 cm³/mol. The van der Waals surface area contributed by atoms with Crippen molar-refractivity contribution in [2.24, 2.45) is 0 Å². The van der Waals surface area contributed by atoms with Crippen molar-refractivity contribution in [1.82, 2.24) is 4.98 Å². The minimum absolute atomic E-state index is 0.213. The lowest BCUT2D eigenvalue weighted by Gasteiger charge is -2.15. The zero-order valence-corrected chi connectivity index (χ0v) is 11.8. The number of thiol groups is 1. The second-order valence-electron chi connectivity index (χ2n) is 3.39. The van der Waals surface area contributed by atoms with Crippen molar-refractivity contribution < 1.29 is 9.53 Å². The Labute approximate surface area is 119 Å². The molecule has 0 aliphatic rings. The zero-order valence-electron chi connectivity index (χ0n) is 9.33. The minimum Gasteiger partial charge on any atom is -0.390 e. The summed E-state index contributed by atoms with van der Waals surface area (Å²) in [6.07, 6.45) is 0.884. The SMILES string of the molecule is Cc1csc(Cl)c1N(S)C(=O)Oc1ccccn1. The van der Waals surface area contributed by atoms with Gasteiger partial charge in [0.2, 0.25) is 5.88 Å². The number of aromatic nitrogens is 1. The number of carbonyl (C=O) groups excluding carboxylic acids is 1. The lowest BCUT2D eigenvalue weighted by atomic mass is 10.3. The summed E-state index contributed by atoms with van der Waals surface area (Å²) in [6.45, 7) is 1.84. The molecule has 2 aromatic heterocycles. The van der Waals surface area contributed by atoms with Crippen LogP contribution in [0.1, 0.15) is 5.56 Å². The summed E-state index contributed by atoms with van der Waals surface area (Å²) < 4.78 is 6.61. The van der Waals surface area contributed by atoms with Crippen LogP contribution < -0.4 is 9.04 Å². The highest BCUT2D eigenvalue weighted by atomic mass is 35.5. The number of thiophene rings is 1. The third-order valence-corrected chi connectivity index (χ3v) is 3.79. The van der Waals surface area contributed by atoms with Gasteiger partial charge in [0.05, 0.1) is 5.69 Å². The van der Waals surface area contributed by atoms with E-state index in [1.165, 1.54) is 17.5 Å². The fourth-order valence-corrected chi connectivity index (χ4v) is 2.84. The number of hydrogen-bond donors (Lipinski definition) is 1. The van der Waals surface area contributed by atoms with Gasteiger partial charge in [-0.2, -0.15) is 0 Å². The first-order valence-corrected chi connectivity index (χ1v) is 6.61. The normalized spacial score (nSPS) is 10.2. The number of aryl methyl sites for hydroxylation is 1. The number of rotatable bonds is 2. The van der Waals surface area contributed by atoms with Crippen molar-refractivity contribution in [2.75, 3.05) is 4.31 Å². The van der Waals surface area contributed by atoms with Gasteiger partial charge in [-0.1, -0.05) is 30.5 Å². The number of anilines is 1. The summed E-state index contributed by atoms with van der Waals surface area (Å²) in [7, 11) is 0. The van der Waals surface area contributed by atoms with Crippen molar-refractivity contribution in [3.63, 3.8) is 0 Å². The van der Waals surface area contributed by atoms with Crippen LogP contribution in [0, 0.1) is 6.92 Å². The van der Waals surface area contributed by atoms with Crippen LogP contribution in [0.4, 0.5) is 10.5 Å². The molecule has 0 aliphatic heterocycles. The molecule has 0 fully saturated rings. The van der Waals surface area contributed by atoms with E-state index < -0.39 is 6.09 Å². The van der Waals surface area contributed by atoms with E-state index in [1.807, 2.05) is 12.3 Å². The molecule has 0 atom stereocenters. The fraction of sp³-hybridized carbons (Fsp3) is 0.0909. The number of nitrogens with zero attached hydrogens (tertiary/aromatic N) is 2. The van der Waals surface area contributed by atoms with Gasteiger partial charge in [0.1, 0.15) is 4.34 Å². The molecule has 0 saturated carbocycles. The van der Waals surface area contributed by atoms with Gasteiger partial charge in [0, 0.05) is 12.3 Å². The van der Waals surface area contributed by atoms with Crippen molar-refractivity contribution >= 4 is 47.5 Å². The Kier molecular flexibility index (Phi) is 4.11. The molecule has 0 radical (unpaired) electrons. The standard InChI is InChI=1S/C11H9ClN2O2S2/c1-7-6-18-10(12)9(7)14(17)11(15)16-8-4-2-3-5-13-8/h2-6,17H,1H3. The maximum atomic E-state index is 11.8. The Morgan fingerprint density at radius 1 is 1.56 bits per heavy atom. The van der Waals surface area contributed by atoms with Gasteiger partial charge in [-0.15, -0.1) is 11.3 Å². The number of ether oxygens (including phenoxy) is 1. The summed E-state index contributed by atoms with van der Waals surface area (Å²) in [6, 6.07) is 5.04. The number of hydrogen-bond acceptors (Lipinski definition) is 5. The van der Waals surface area contributed by atoms with E-state index in [1.54, 1.807) is 18.2 Å². The van der Waals surface area contributed by atoms with Gasteiger partial charge in [0.15, 0.2) is 0 Å². The number of pyridine rings is 1. The average molecular weight is 301 g/mol. The zero-order chi connectivity index (χ0) is 13.1. The molecular weight excluding hydrogens is 292 g/mol. The Morgan fingerprint density at radius 3 is 2.89 bits per heavy atom. The minimum atomic E-state index is -0.652. The lowest BCUT2D eigenvalue weighted by molar-refractivity contribution is 0.210. The van der Waals surface area contributed by atoms with Crippen LogP contribution in [0.3, 0.4) is 0 Å². The van der Waals surface area contributed by atoms with Crippen LogP contribution in [0.2, 0.25) is 4.34 Å². The summed E-state index contributed by atoms with van der Waals surface area (Å²) in [5, 5.41) is 1.84. The maximum absolute atomic E-state index is 11.8. The van der Waals surface area contributed by atoms with Crippen molar-refractivity contribution in [3.05, 3.63) is 39.7 Å². The van der Waals surface area contributed by atoms with E-state index >= 15 is 0 Å². The first-order valence-electron chi connectivity index (χ1n) is 4.95. The topological polar surface area (TPSA) is 42.4 Å². The van der Waals surface area contributed by atoms with Gasteiger partial charge >= 0.3 is 6.09 Å². The quantitative estimate of drug-likeness (QED) is 0.854. The molecule has 0 bridgehead atoms. The van der Waals surface area contributed by atoms with Crippen molar-refractivity contribution in [2.45, 2.75) is 6.92 Å². The van der Waals surface area contributed by atoms with E-state index in [4.69, 9.17) is 16.3 Å². The first kappa shape index (κ1) is 13.2. The fourth-order valence-electron chi connectivity index (χ4n) is 1.29. The molecule has 0 saturated heterocycles. The molecule has 94 valence electrons. The molecule has 18 heavy (non-hydrogen) atoms.